The summed E-state index contributed by atoms with van der Waals surface area (Å²) < 4.78 is 5.21. The molecule has 1 aromatic rings. The molecule has 17 heavy (non-hydrogen) atoms. The number of hydrogen-bond donors (Lipinski definition) is 1. The molecule has 0 fully saturated rings. The van der Waals surface area contributed by atoms with Gasteiger partial charge in [0.25, 0.3) is 0 Å². The Hall–Kier alpha value is -0.450. The molecule has 0 spiro atoms. The van der Waals surface area contributed by atoms with Gasteiger partial charge >= 0.3 is 0 Å². The van der Waals surface area contributed by atoms with Crippen LogP contribution in [-0.4, -0.2) is 17.6 Å². The first-order valence-corrected chi connectivity index (χ1v) is 6.87. The van der Waals surface area contributed by atoms with E-state index in [9.17, 15) is 0 Å². The molecule has 0 amide bonds. The van der Waals surface area contributed by atoms with Crippen molar-refractivity contribution in [3.8, 4) is 0 Å². The summed E-state index contributed by atoms with van der Waals surface area (Å²) in [5, 5.41) is 4.70. The first kappa shape index (κ1) is 14.6. The minimum atomic E-state index is 0.131. The lowest BCUT2D eigenvalue weighted by Gasteiger charge is -2.20. The van der Waals surface area contributed by atoms with Gasteiger partial charge in [-0.25, -0.2) is 4.98 Å². The van der Waals surface area contributed by atoms with E-state index in [1.165, 1.54) is 9.88 Å². The highest BCUT2D eigenvalue weighted by molar-refractivity contribution is 7.11. The van der Waals surface area contributed by atoms with E-state index in [2.05, 4.69) is 44.9 Å². The van der Waals surface area contributed by atoms with Gasteiger partial charge in [-0.15, -0.1) is 11.3 Å². The van der Waals surface area contributed by atoms with Crippen LogP contribution in [0, 0.1) is 0 Å². The molecule has 4 heteroatoms. The fourth-order valence-electron chi connectivity index (χ4n) is 1.38. The van der Waals surface area contributed by atoms with Crippen molar-refractivity contribution in [2.75, 3.05) is 7.11 Å². The molecule has 98 valence electrons. The molecule has 1 N–H and O–H groups in total. The molecule has 1 rings (SSSR count). The van der Waals surface area contributed by atoms with Gasteiger partial charge < -0.3 is 10.1 Å². The second kappa shape index (κ2) is 5.94. The van der Waals surface area contributed by atoms with Crippen LogP contribution in [0.2, 0.25) is 0 Å². The third-order valence-electron chi connectivity index (χ3n) is 2.35. The predicted molar refractivity (Wildman–Crippen MR) is 73.5 cm³/mol. The van der Waals surface area contributed by atoms with Crippen LogP contribution in [0.25, 0.3) is 0 Å². The number of methoxy groups -OCH3 is 1. The van der Waals surface area contributed by atoms with Crippen LogP contribution in [0.15, 0.2) is 0 Å². The molecule has 1 aromatic heterocycles. The molecule has 3 nitrogen and oxygen atoms in total. The lowest BCUT2D eigenvalue weighted by atomic mass is 10.1. The number of aromatic nitrogens is 1. The van der Waals surface area contributed by atoms with Gasteiger partial charge in [-0.1, -0.05) is 13.8 Å². The van der Waals surface area contributed by atoms with Gasteiger partial charge in [0.2, 0.25) is 0 Å². The molecule has 0 aliphatic rings. The Kier molecular flexibility index (Phi) is 5.10. The smallest absolute Gasteiger partial charge is 0.0958 e. The van der Waals surface area contributed by atoms with E-state index in [-0.39, 0.29) is 5.54 Å². The van der Waals surface area contributed by atoms with Gasteiger partial charge in [-0.3, -0.25) is 0 Å². The average molecular weight is 256 g/mol. The number of hydrogen-bond acceptors (Lipinski definition) is 4. The van der Waals surface area contributed by atoms with Crippen LogP contribution in [0.3, 0.4) is 0 Å². The number of thiazole rings is 1. The Morgan fingerprint density at radius 2 is 2.00 bits per heavy atom. The summed E-state index contributed by atoms with van der Waals surface area (Å²) in [5.74, 6) is 0.485. The lowest BCUT2D eigenvalue weighted by molar-refractivity contribution is 0.181. The van der Waals surface area contributed by atoms with Crippen molar-refractivity contribution in [1.82, 2.24) is 10.3 Å². The number of rotatable bonds is 5. The minimum absolute atomic E-state index is 0.131. The third kappa shape index (κ3) is 4.74. The molecule has 0 saturated carbocycles. The summed E-state index contributed by atoms with van der Waals surface area (Å²) >= 11 is 1.79. The Bertz CT molecular complexity index is 353. The highest BCUT2D eigenvalue weighted by Crippen LogP contribution is 2.25. The second-order valence-corrected chi connectivity index (χ2v) is 6.73. The quantitative estimate of drug-likeness (QED) is 0.877. The van der Waals surface area contributed by atoms with E-state index >= 15 is 0 Å². The summed E-state index contributed by atoms with van der Waals surface area (Å²) in [6.45, 7) is 12.3. The van der Waals surface area contributed by atoms with Crippen molar-refractivity contribution in [2.45, 2.75) is 59.2 Å². The van der Waals surface area contributed by atoms with E-state index in [4.69, 9.17) is 4.74 Å². The van der Waals surface area contributed by atoms with Crippen LogP contribution in [0.5, 0.6) is 0 Å². The van der Waals surface area contributed by atoms with Crippen molar-refractivity contribution in [3.05, 3.63) is 15.6 Å². The van der Waals surface area contributed by atoms with E-state index in [1.54, 1.807) is 18.4 Å². The second-order valence-electron chi connectivity index (χ2n) is 5.61. The van der Waals surface area contributed by atoms with Crippen LogP contribution < -0.4 is 5.32 Å². The maximum absolute atomic E-state index is 5.21. The fraction of sp³-hybridized carbons (Fsp3) is 0.769. The van der Waals surface area contributed by atoms with E-state index < -0.39 is 0 Å². The molecule has 0 saturated heterocycles. The Balaban J connectivity index is 2.81. The standard InChI is InChI=1S/C13H24N2OS/c1-9(2)12-15-10(8-16-6)11(17-12)7-14-13(3,4)5/h9,14H,7-8H2,1-6H3. The van der Waals surface area contributed by atoms with Crippen molar-refractivity contribution in [3.63, 3.8) is 0 Å². The summed E-state index contributed by atoms with van der Waals surface area (Å²) in [7, 11) is 1.72. The Morgan fingerprint density at radius 3 is 2.47 bits per heavy atom. The van der Waals surface area contributed by atoms with E-state index in [1.807, 2.05) is 0 Å². The van der Waals surface area contributed by atoms with Gasteiger partial charge in [-0.05, 0) is 20.8 Å². The molecular weight excluding hydrogens is 232 g/mol. The average Bonchev–Trinajstić information content (AvgIpc) is 2.58. The lowest BCUT2D eigenvalue weighted by Crippen LogP contribution is -2.35. The first-order chi connectivity index (χ1) is 7.83. The molecular formula is C13H24N2OS. The maximum atomic E-state index is 5.21. The maximum Gasteiger partial charge on any atom is 0.0958 e. The molecule has 0 atom stereocenters. The fourth-order valence-corrected chi connectivity index (χ4v) is 2.39. The van der Waals surface area contributed by atoms with Crippen LogP contribution in [0.4, 0.5) is 0 Å². The zero-order valence-electron chi connectivity index (χ0n) is 11.8. The summed E-state index contributed by atoms with van der Waals surface area (Å²) in [6, 6.07) is 0. The van der Waals surface area contributed by atoms with Crippen molar-refractivity contribution in [1.29, 1.82) is 0 Å². The summed E-state index contributed by atoms with van der Waals surface area (Å²) in [4.78, 5) is 5.95. The van der Waals surface area contributed by atoms with Crippen LogP contribution >= 0.6 is 11.3 Å². The largest absolute Gasteiger partial charge is 0.378 e. The summed E-state index contributed by atoms with van der Waals surface area (Å²) in [6.07, 6.45) is 0. The highest BCUT2D eigenvalue weighted by Gasteiger charge is 2.15. The molecule has 0 aliphatic heterocycles. The van der Waals surface area contributed by atoms with Crippen molar-refractivity contribution >= 4 is 11.3 Å². The Morgan fingerprint density at radius 1 is 1.35 bits per heavy atom. The molecule has 1 heterocycles. The number of ether oxygens (including phenoxy) is 1. The zero-order chi connectivity index (χ0) is 13.1. The molecule has 0 radical (unpaired) electrons. The molecule has 0 aromatic carbocycles. The predicted octanol–water partition coefficient (Wildman–Crippen LogP) is 3.30. The van der Waals surface area contributed by atoms with Gasteiger partial charge in [0.1, 0.15) is 0 Å². The molecule has 0 bridgehead atoms. The van der Waals surface area contributed by atoms with Crippen LogP contribution in [-0.2, 0) is 17.9 Å². The van der Waals surface area contributed by atoms with Crippen molar-refractivity contribution < 1.29 is 4.74 Å². The molecule has 0 aliphatic carbocycles. The van der Waals surface area contributed by atoms with Gasteiger partial charge in [0.15, 0.2) is 0 Å². The van der Waals surface area contributed by atoms with Crippen LogP contribution in [0.1, 0.15) is 56.1 Å². The topological polar surface area (TPSA) is 34.1 Å². The van der Waals surface area contributed by atoms with Crippen molar-refractivity contribution in [2.24, 2.45) is 0 Å². The third-order valence-corrected chi connectivity index (χ3v) is 3.75. The monoisotopic (exact) mass is 256 g/mol. The first-order valence-electron chi connectivity index (χ1n) is 6.06. The Labute approximate surface area is 109 Å². The summed E-state index contributed by atoms with van der Waals surface area (Å²) in [5.41, 5.74) is 1.21. The van der Waals surface area contributed by atoms with Gasteiger partial charge in [0, 0.05) is 30.0 Å². The minimum Gasteiger partial charge on any atom is -0.378 e. The molecule has 0 unspecified atom stereocenters. The van der Waals surface area contributed by atoms with E-state index in [0.29, 0.717) is 12.5 Å². The van der Waals surface area contributed by atoms with Gasteiger partial charge in [0.05, 0.1) is 17.3 Å². The van der Waals surface area contributed by atoms with E-state index in [0.717, 1.165) is 12.2 Å². The van der Waals surface area contributed by atoms with Gasteiger partial charge in [-0.2, -0.15) is 0 Å². The zero-order valence-corrected chi connectivity index (χ0v) is 12.6. The number of nitrogens with one attached hydrogen (secondary N) is 1. The highest BCUT2D eigenvalue weighted by atomic mass is 32.1. The normalized spacial score (nSPS) is 12.4. The SMILES string of the molecule is COCc1nc(C(C)C)sc1CNC(C)(C)C. The number of nitrogens with zero attached hydrogens (tertiary/aromatic N) is 1.